The van der Waals surface area contributed by atoms with Gasteiger partial charge in [0.15, 0.2) is 5.69 Å². The van der Waals surface area contributed by atoms with Crippen molar-refractivity contribution in [2.45, 2.75) is 25.4 Å². The molecule has 1 aliphatic rings. The zero-order chi connectivity index (χ0) is 14.1. The van der Waals surface area contributed by atoms with Gasteiger partial charge in [0.25, 0.3) is 5.91 Å². The Balaban J connectivity index is 1.79. The summed E-state index contributed by atoms with van der Waals surface area (Å²) in [7, 11) is 0. The quantitative estimate of drug-likeness (QED) is 0.913. The molecule has 0 aromatic carbocycles. The van der Waals surface area contributed by atoms with Crippen molar-refractivity contribution in [3.63, 3.8) is 0 Å². The fourth-order valence-electron chi connectivity index (χ4n) is 1.95. The van der Waals surface area contributed by atoms with Crippen LogP contribution in [-0.2, 0) is 6.54 Å². The number of carboxylic acids is 1. The van der Waals surface area contributed by atoms with Gasteiger partial charge in [-0.15, -0.1) is 11.3 Å². The van der Waals surface area contributed by atoms with Crippen molar-refractivity contribution in [1.82, 2.24) is 10.1 Å². The minimum atomic E-state index is -1.23. The van der Waals surface area contributed by atoms with Crippen molar-refractivity contribution in [1.29, 1.82) is 0 Å². The highest BCUT2D eigenvalue weighted by atomic mass is 32.1. The molecule has 0 saturated heterocycles. The monoisotopic (exact) mass is 292 g/mol. The van der Waals surface area contributed by atoms with Crippen molar-refractivity contribution >= 4 is 23.2 Å². The van der Waals surface area contributed by atoms with Crippen LogP contribution in [0.2, 0.25) is 0 Å². The summed E-state index contributed by atoms with van der Waals surface area (Å²) in [6, 6.07) is 5.30. The highest BCUT2D eigenvalue weighted by Gasteiger charge is 2.34. The summed E-state index contributed by atoms with van der Waals surface area (Å²) in [4.78, 5) is 26.0. The molecular weight excluding hydrogens is 280 g/mol. The van der Waals surface area contributed by atoms with E-state index < -0.39 is 5.97 Å². The van der Waals surface area contributed by atoms with E-state index in [2.05, 4.69) is 9.68 Å². The molecule has 1 N–H and O–H groups in total. The molecule has 0 bridgehead atoms. The SMILES string of the molecule is O=C(O)c1cc(C(=O)N(Cc2cccs2)C2CC2)no1. The number of rotatable bonds is 5. The summed E-state index contributed by atoms with van der Waals surface area (Å²) < 4.78 is 4.64. The highest BCUT2D eigenvalue weighted by molar-refractivity contribution is 7.09. The summed E-state index contributed by atoms with van der Waals surface area (Å²) in [5.74, 6) is -1.83. The number of hydrogen-bond donors (Lipinski definition) is 1. The third-order valence-corrected chi connectivity index (χ3v) is 3.96. The maximum atomic E-state index is 12.4. The van der Waals surface area contributed by atoms with Gasteiger partial charge in [0.2, 0.25) is 5.76 Å². The molecule has 1 amide bonds. The number of aromatic carboxylic acids is 1. The average molecular weight is 292 g/mol. The molecule has 20 heavy (non-hydrogen) atoms. The van der Waals surface area contributed by atoms with E-state index in [0.29, 0.717) is 6.54 Å². The highest BCUT2D eigenvalue weighted by Crippen LogP contribution is 2.30. The lowest BCUT2D eigenvalue weighted by atomic mass is 10.3. The Labute approximate surface area is 118 Å². The molecule has 7 heteroatoms. The largest absolute Gasteiger partial charge is 0.475 e. The van der Waals surface area contributed by atoms with Gasteiger partial charge < -0.3 is 14.5 Å². The van der Waals surface area contributed by atoms with Crippen molar-refractivity contribution in [3.05, 3.63) is 39.9 Å². The van der Waals surface area contributed by atoms with Crippen molar-refractivity contribution in [2.24, 2.45) is 0 Å². The van der Waals surface area contributed by atoms with Crippen molar-refractivity contribution < 1.29 is 19.2 Å². The third-order valence-electron chi connectivity index (χ3n) is 3.09. The molecular formula is C13H12N2O4S. The number of amides is 1. The maximum Gasteiger partial charge on any atom is 0.374 e. The molecule has 0 radical (unpaired) electrons. The fraction of sp³-hybridized carbons (Fsp3) is 0.308. The first kappa shape index (κ1) is 12.9. The second-order valence-corrected chi connectivity index (χ2v) is 5.66. The smallest absolute Gasteiger partial charge is 0.374 e. The summed E-state index contributed by atoms with van der Waals surface area (Å²) in [5.41, 5.74) is 0.0471. The number of hydrogen-bond acceptors (Lipinski definition) is 5. The van der Waals surface area contributed by atoms with Crippen LogP contribution in [0.5, 0.6) is 0 Å². The molecule has 2 aromatic rings. The molecule has 1 aliphatic carbocycles. The number of carboxylic acid groups (broad SMARTS) is 1. The van der Waals surface area contributed by atoms with E-state index in [-0.39, 0.29) is 23.4 Å². The van der Waals surface area contributed by atoms with Gasteiger partial charge in [-0.05, 0) is 24.3 Å². The molecule has 0 unspecified atom stereocenters. The lowest BCUT2D eigenvalue weighted by molar-refractivity contribution is 0.0647. The van der Waals surface area contributed by atoms with Crippen LogP contribution in [0.1, 0.15) is 38.8 Å². The first-order valence-corrected chi connectivity index (χ1v) is 7.06. The zero-order valence-corrected chi connectivity index (χ0v) is 11.3. The van der Waals surface area contributed by atoms with Crippen LogP contribution < -0.4 is 0 Å². The van der Waals surface area contributed by atoms with Gasteiger partial charge >= 0.3 is 5.97 Å². The Hall–Kier alpha value is -2.15. The molecule has 6 nitrogen and oxygen atoms in total. The molecule has 2 aromatic heterocycles. The molecule has 3 rings (SSSR count). The normalized spacial score (nSPS) is 14.2. The number of thiophene rings is 1. The fourth-order valence-corrected chi connectivity index (χ4v) is 2.65. The van der Waals surface area contributed by atoms with Crippen LogP contribution in [0.15, 0.2) is 28.1 Å². The molecule has 1 fully saturated rings. The van der Waals surface area contributed by atoms with Gasteiger partial charge in [0, 0.05) is 17.0 Å². The van der Waals surface area contributed by atoms with Crippen LogP contribution in [-0.4, -0.2) is 33.1 Å². The predicted octanol–water partition coefficient (Wildman–Crippen LogP) is 2.24. The minimum absolute atomic E-state index is 0.0471. The second-order valence-electron chi connectivity index (χ2n) is 4.63. The molecule has 1 saturated carbocycles. The van der Waals surface area contributed by atoms with E-state index in [1.807, 2.05) is 17.5 Å². The van der Waals surface area contributed by atoms with Gasteiger partial charge in [-0.25, -0.2) is 4.79 Å². The topological polar surface area (TPSA) is 83.6 Å². The molecule has 0 spiro atoms. The van der Waals surface area contributed by atoms with Crippen LogP contribution in [0.3, 0.4) is 0 Å². The van der Waals surface area contributed by atoms with Crippen LogP contribution in [0.4, 0.5) is 0 Å². The number of carbonyl (C=O) groups excluding carboxylic acids is 1. The standard InChI is InChI=1S/C13H12N2O4S/c16-12(10-6-11(13(17)18)19-14-10)15(8-3-4-8)7-9-2-1-5-20-9/h1-2,5-6,8H,3-4,7H2,(H,17,18). The van der Waals surface area contributed by atoms with E-state index in [0.717, 1.165) is 17.7 Å². The molecule has 0 atom stereocenters. The number of carbonyl (C=O) groups is 2. The van der Waals surface area contributed by atoms with E-state index in [1.54, 1.807) is 16.2 Å². The Morgan fingerprint density at radius 1 is 1.50 bits per heavy atom. The first-order chi connectivity index (χ1) is 9.65. The first-order valence-electron chi connectivity index (χ1n) is 6.18. The van der Waals surface area contributed by atoms with Crippen molar-refractivity contribution in [3.8, 4) is 0 Å². The summed E-state index contributed by atoms with van der Waals surface area (Å²) in [6.07, 6.45) is 1.95. The molecule has 0 aliphatic heterocycles. The van der Waals surface area contributed by atoms with Gasteiger partial charge in [0.1, 0.15) is 0 Å². The van der Waals surface area contributed by atoms with Gasteiger partial charge in [-0.1, -0.05) is 11.2 Å². The Morgan fingerprint density at radius 2 is 2.30 bits per heavy atom. The summed E-state index contributed by atoms with van der Waals surface area (Å²) in [6.45, 7) is 0.524. The third kappa shape index (κ3) is 2.57. The van der Waals surface area contributed by atoms with Gasteiger partial charge in [0.05, 0.1) is 6.54 Å². The zero-order valence-electron chi connectivity index (χ0n) is 10.5. The Kier molecular flexibility index (Phi) is 3.27. The number of nitrogens with zero attached hydrogens (tertiary/aromatic N) is 2. The van der Waals surface area contributed by atoms with Crippen molar-refractivity contribution in [2.75, 3.05) is 0 Å². The molecule has 2 heterocycles. The Bertz CT molecular complexity index is 631. The molecule has 104 valence electrons. The predicted molar refractivity (Wildman–Crippen MR) is 70.7 cm³/mol. The van der Waals surface area contributed by atoms with E-state index in [4.69, 9.17) is 5.11 Å². The van der Waals surface area contributed by atoms with Gasteiger partial charge in [-0.2, -0.15) is 0 Å². The Morgan fingerprint density at radius 3 is 2.85 bits per heavy atom. The summed E-state index contributed by atoms with van der Waals surface area (Å²) >= 11 is 1.59. The van der Waals surface area contributed by atoms with Crippen LogP contribution >= 0.6 is 11.3 Å². The van der Waals surface area contributed by atoms with Crippen LogP contribution in [0, 0.1) is 0 Å². The van der Waals surface area contributed by atoms with E-state index in [1.165, 1.54) is 6.07 Å². The maximum absolute atomic E-state index is 12.4. The number of aromatic nitrogens is 1. The second kappa shape index (κ2) is 5.09. The van der Waals surface area contributed by atoms with Gasteiger partial charge in [-0.3, -0.25) is 4.79 Å². The minimum Gasteiger partial charge on any atom is -0.475 e. The lowest BCUT2D eigenvalue weighted by Crippen LogP contribution is -2.32. The summed E-state index contributed by atoms with van der Waals surface area (Å²) in [5, 5.41) is 14.3. The lowest BCUT2D eigenvalue weighted by Gasteiger charge is -2.20. The van der Waals surface area contributed by atoms with E-state index in [9.17, 15) is 9.59 Å². The average Bonchev–Trinajstić information content (AvgIpc) is 2.95. The van der Waals surface area contributed by atoms with Crippen LogP contribution in [0.25, 0.3) is 0 Å². The van der Waals surface area contributed by atoms with E-state index >= 15 is 0 Å².